The lowest BCUT2D eigenvalue weighted by Gasteiger charge is -2.43. The average Bonchev–Trinajstić information content (AvgIpc) is 2.49. The molecule has 4 heteroatoms. The van der Waals surface area contributed by atoms with Gasteiger partial charge in [-0.25, -0.2) is 0 Å². The first-order valence-electron chi connectivity index (χ1n) is 7.51. The molecule has 0 spiro atoms. The Labute approximate surface area is 127 Å². The van der Waals surface area contributed by atoms with Crippen molar-refractivity contribution in [2.24, 2.45) is 5.73 Å². The van der Waals surface area contributed by atoms with Crippen LogP contribution in [0.25, 0.3) is 0 Å². The maximum absolute atomic E-state index is 6.42. The number of hydrogen-bond acceptors (Lipinski definition) is 3. The molecule has 0 aromatic heterocycles. The van der Waals surface area contributed by atoms with Gasteiger partial charge in [-0.05, 0) is 30.5 Å². The highest BCUT2D eigenvalue weighted by molar-refractivity contribution is 6.30. The number of rotatable bonds is 5. The molecule has 1 fully saturated rings. The minimum absolute atomic E-state index is 0.128. The van der Waals surface area contributed by atoms with Crippen molar-refractivity contribution in [2.75, 3.05) is 19.8 Å². The van der Waals surface area contributed by atoms with Crippen molar-refractivity contribution >= 4 is 11.6 Å². The molecule has 0 aliphatic carbocycles. The van der Waals surface area contributed by atoms with Gasteiger partial charge in [-0.15, -0.1) is 0 Å². The summed E-state index contributed by atoms with van der Waals surface area (Å²) in [7, 11) is 0. The van der Waals surface area contributed by atoms with Gasteiger partial charge in [-0.1, -0.05) is 37.6 Å². The molecule has 2 N–H and O–H groups in total. The molecule has 1 heterocycles. The van der Waals surface area contributed by atoms with Crippen molar-refractivity contribution in [1.82, 2.24) is 4.90 Å². The molecule has 3 nitrogen and oxygen atoms in total. The Hall–Kier alpha value is -0.610. The Morgan fingerprint density at radius 3 is 2.65 bits per heavy atom. The van der Waals surface area contributed by atoms with Gasteiger partial charge in [0.1, 0.15) is 0 Å². The SMILES string of the molecule is CCC(N)C(c1ccc(Cl)cc1)N1CCOCC1CC. The van der Waals surface area contributed by atoms with Gasteiger partial charge >= 0.3 is 0 Å². The van der Waals surface area contributed by atoms with Gasteiger partial charge in [0.25, 0.3) is 0 Å². The van der Waals surface area contributed by atoms with Crippen LogP contribution in [0.3, 0.4) is 0 Å². The maximum Gasteiger partial charge on any atom is 0.0622 e. The number of halogens is 1. The lowest BCUT2D eigenvalue weighted by molar-refractivity contribution is -0.0362. The highest BCUT2D eigenvalue weighted by Gasteiger charge is 2.32. The van der Waals surface area contributed by atoms with Crippen LogP contribution in [0.2, 0.25) is 5.02 Å². The van der Waals surface area contributed by atoms with Crippen LogP contribution < -0.4 is 5.73 Å². The predicted molar refractivity (Wildman–Crippen MR) is 84.1 cm³/mol. The summed E-state index contributed by atoms with van der Waals surface area (Å²) in [6.07, 6.45) is 2.04. The topological polar surface area (TPSA) is 38.5 Å². The van der Waals surface area contributed by atoms with E-state index in [1.54, 1.807) is 0 Å². The van der Waals surface area contributed by atoms with Crippen LogP contribution in [0.4, 0.5) is 0 Å². The van der Waals surface area contributed by atoms with Crippen molar-refractivity contribution in [3.63, 3.8) is 0 Å². The van der Waals surface area contributed by atoms with Crippen molar-refractivity contribution in [2.45, 2.75) is 44.8 Å². The molecular weight excluding hydrogens is 272 g/mol. The maximum atomic E-state index is 6.42. The molecular formula is C16H25ClN2O. The first kappa shape index (κ1) is 15.8. The Morgan fingerprint density at radius 2 is 2.05 bits per heavy atom. The zero-order valence-corrected chi connectivity index (χ0v) is 13.1. The van der Waals surface area contributed by atoms with Gasteiger partial charge < -0.3 is 10.5 Å². The summed E-state index contributed by atoms with van der Waals surface area (Å²) >= 11 is 6.01. The fourth-order valence-electron chi connectivity index (χ4n) is 2.95. The quantitative estimate of drug-likeness (QED) is 0.906. The number of ether oxygens (including phenoxy) is 1. The largest absolute Gasteiger partial charge is 0.378 e. The fourth-order valence-corrected chi connectivity index (χ4v) is 3.08. The Bertz CT molecular complexity index is 409. The molecule has 1 aromatic rings. The second-order valence-electron chi connectivity index (χ2n) is 5.44. The van der Waals surface area contributed by atoms with Gasteiger partial charge in [-0.2, -0.15) is 0 Å². The van der Waals surface area contributed by atoms with Crippen LogP contribution in [0.1, 0.15) is 38.3 Å². The second-order valence-corrected chi connectivity index (χ2v) is 5.88. The molecule has 1 aliphatic heterocycles. The fraction of sp³-hybridized carbons (Fsp3) is 0.625. The van der Waals surface area contributed by atoms with Gasteiger partial charge in [-0.3, -0.25) is 4.90 Å². The first-order chi connectivity index (χ1) is 9.67. The average molecular weight is 297 g/mol. The minimum Gasteiger partial charge on any atom is -0.378 e. The monoisotopic (exact) mass is 296 g/mol. The van der Waals surface area contributed by atoms with E-state index in [1.165, 1.54) is 5.56 Å². The third-order valence-electron chi connectivity index (χ3n) is 4.19. The summed E-state index contributed by atoms with van der Waals surface area (Å²) in [6, 6.07) is 8.92. The highest BCUT2D eigenvalue weighted by atomic mass is 35.5. The molecule has 0 saturated carbocycles. The Balaban J connectivity index is 2.28. The number of nitrogens with two attached hydrogens (primary N) is 1. The summed E-state index contributed by atoms with van der Waals surface area (Å²) in [5, 5.41) is 0.770. The van der Waals surface area contributed by atoms with Crippen LogP contribution in [0.15, 0.2) is 24.3 Å². The minimum atomic E-state index is 0.128. The summed E-state index contributed by atoms with van der Waals surface area (Å²) < 4.78 is 5.62. The summed E-state index contributed by atoms with van der Waals surface area (Å²) in [6.45, 7) is 6.89. The van der Waals surface area contributed by atoms with Crippen molar-refractivity contribution in [1.29, 1.82) is 0 Å². The van der Waals surface area contributed by atoms with Gasteiger partial charge in [0.05, 0.1) is 19.3 Å². The van der Waals surface area contributed by atoms with Crippen LogP contribution >= 0.6 is 11.6 Å². The van der Waals surface area contributed by atoms with E-state index in [4.69, 9.17) is 22.1 Å². The smallest absolute Gasteiger partial charge is 0.0622 e. The number of morpholine rings is 1. The van der Waals surface area contributed by atoms with E-state index < -0.39 is 0 Å². The molecule has 0 amide bonds. The van der Waals surface area contributed by atoms with Gasteiger partial charge in [0.2, 0.25) is 0 Å². The van der Waals surface area contributed by atoms with E-state index in [1.807, 2.05) is 12.1 Å². The molecule has 2 rings (SSSR count). The summed E-state index contributed by atoms with van der Waals surface area (Å²) in [4.78, 5) is 2.51. The summed E-state index contributed by atoms with van der Waals surface area (Å²) in [5.41, 5.74) is 7.67. The molecule has 1 aliphatic rings. The van der Waals surface area contributed by atoms with Crippen molar-refractivity contribution < 1.29 is 4.74 Å². The molecule has 0 bridgehead atoms. The Kier molecular flexibility index (Phi) is 5.85. The van der Waals surface area contributed by atoms with Gasteiger partial charge in [0.15, 0.2) is 0 Å². The van der Waals surface area contributed by atoms with Crippen LogP contribution in [-0.4, -0.2) is 36.7 Å². The van der Waals surface area contributed by atoms with E-state index in [-0.39, 0.29) is 12.1 Å². The highest BCUT2D eigenvalue weighted by Crippen LogP contribution is 2.30. The summed E-state index contributed by atoms with van der Waals surface area (Å²) in [5.74, 6) is 0. The van der Waals surface area contributed by atoms with E-state index in [0.29, 0.717) is 6.04 Å². The van der Waals surface area contributed by atoms with Crippen LogP contribution in [-0.2, 0) is 4.74 Å². The number of nitrogens with zero attached hydrogens (tertiary/aromatic N) is 1. The molecule has 1 aromatic carbocycles. The number of benzene rings is 1. The standard InChI is InChI=1S/C16H25ClN2O/c1-3-14-11-20-10-9-19(14)16(15(18)4-2)12-5-7-13(17)8-6-12/h5-8,14-16H,3-4,9-11,18H2,1-2H3. The molecule has 0 radical (unpaired) electrons. The zero-order valence-electron chi connectivity index (χ0n) is 12.4. The first-order valence-corrected chi connectivity index (χ1v) is 7.89. The van der Waals surface area contributed by atoms with E-state index >= 15 is 0 Å². The molecule has 3 atom stereocenters. The lowest BCUT2D eigenvalue weighted by Crippen LogP contribution is -2.51. The van der Waals surface area contributed by atoms with E-state index in [9.17, 15) is 0 Å². The molecule has 3 unspecified atom stereocenters. The van der Waals surface area contributed by atoms with Crippen LogP contribution in [0.5, 0.6) is 0 Å². The van der Waals surface area contributed by atoms with E-state index in [2.05, 4.69) is 30.9 Å². The zero-order chi connectivity index (χ0) is 14.5. The third kappa shape index (κ3) is 3.53. The predicted octanol–water partition coefficient (Wildman–Crippen LogP) is 3.23. The Morgan fingerprint density at radius 1 is 1.35 bits per heavy atom. The normalized spacial score (nSPS) is 23.5. The van der Waals surface area contributed by atoms with E-state index in [0.717, 1.165) is 37.6 Å². The number of hydrogen-bond donors (Lipinski definition) is 1. The molecule has 112 valence electrons. The van der Waals surface area contributed by atoms with Crippen molar-refractivity contribution in [3.05, 3.63) is 34.9 Å². The van der Waals surface area contributed by atoms with Crippen molar-refractivity contribution in [3.8, 4) is 0 Å². The van der Waals surface area contributed by atoms with Crippen LogP contribution in [0, 0.1) is 0 Å². The van der Waals surface area contributed by atoms with Gasteiger partial charge in [0, 0.05) is 23.7 Å². The molecule has 20 heavy (non-hydrogen) atoms. The lowest BCUT2D eigenvalue weighted by atomic mass is 9.94. The second kappa shape index (κ2) is 7.41. The third-order valence-corrected chi connectivity index (χ3v) is 4.44. The molecule has 1 saturated heterocycles.